The molecule has 1 fully saturated rings. The van der Waals surface area contributed by atoms with E-state index >= 15 is 0 Å². The zero-order chi connectivity index (χ0) is 18.3. The minimum atomic E-state index is -1.06. The SMILES string of the molecule is Cl.Nc1ncnc2c1ccn2[C@@H]1O[C@H](CCc2ccc(Cl)cc2)[C@@H](O)[C@H]1O. The van der Waals surface area contributed by atoms with E-state index in [1.807, 2.05) is 24.3 Å². The monoisotopic (exact) mass is 410 g/mol. The largest absolute Gasteiger partial charge is 0.388 e. The number of benzene rings is 1. The van der Waals surface area contributed by atoms with E-state index in [0.717, 1.165) is 5.56 Å². The molecule has 2 aromatic heterocycles. The first kappa shape index (κ1) is 19.9. The highest BCUT2D eigenvalue weighted by atomic mass is 35.5. The van der Waals surface area contributed by atoms with Gasteiger partial charge in [0.25, 0.3) is 0 Å². The summed E-state index contributed by atoms with van der Waals surface area (Å²) in [5.74, 6) is 0.362. The molecule has 7 nitrogen and oxygen atoms in total. The molecule has 0 spiro atoms. The number of fused-ring (bicyclic) bond motifs is 1. The van der Waals surface area contributed by atoms with Gasteiger partial charge in [-0.1, -0.05) is 23.7 Å². The predicted octanol–water partition coefficient (Wildman–Crippen LogP) is 2.34. The molecule has 0 unspecified atom stereocenters. The third kappa shape index (κ3) is 3.74. The van der Waals surface area contributed by atoms with E-state index in [9.17, 15) is 10.2 Å². The topological polar surface area (TPSA) is 106 Å². The lowest BCUT2D eigenvalue weighted by Gasteiger charge is -2.17. The van der Waals surface area contributed by atoms with Crippen LogP contribution in [0.25, 0.3) is 11.0 Å². The molecule has 4 atom stereocenters. The highest BCUT2D eigenvalue weighted by molar-refractivity contribution is 6.30. The van der Waals surface area contributed by atoms with Crippen molar-refractivity contribution < 1.29 is 14.9 Å². The van der Waals surface area contributed by atoms with Crippen LogP contribution in [0.15, 0.2) is 42.9 Å². The lowest BCUT2D eigenvalue weighted by atomic mass is 10.0. The molecule has 27 heavy (non-hydrogen) atoms. The molecule has 0 saturated carbocycles. The van der Waals surface area contributed by atoms with Gasteiger partial charge in [0.1, 0.15) is 30.0 Å². The Morgan fingerprint density at radius 3 is 2.59 bits per heavy atom. The van der Waals surface area contributed by atoms with Gasteiger partial charge in [-0.15, -0.1) is 12.4 Å². The standard InChI is InChI=1S/C18H19ClN4O3.ClH/c19-11-4-1-10(2-5-11)3-6-13-14(24)15(25)18(26-13)23-8-7-12-16(20)21-9-22-17(12)23;/h1-2,4-5,7-9,13-15,18,24-25H,3,6H2,(H2,20,21,22);1H/t13-,14-,15-,18-;/m1./s1. The molecule has 0 aliphatic carbocycles. The third-order valence-electron chi connectivity index (χ3n) is 4.78. The summed E-state index contributed by atoms with van der Waals surface area (Å²) in [6.45, 7) is 0. The Morgan fingerprint density at radius 1 is 1.11 bits per heavy atom. The molecular formula is C18H20Cl2N4O3. The van der Waals surface area contributed by atoms with Gasteiger partial charge < -0.3 is 25.3 Å². The van der Waals surface area contributed by atoms with E-state index in [2.05, 4.69) is 9.97 Å². The minimum Gasteiger partial charge on any atom is -0.388 e. The van der Waals surface area contributed by atoms with Gasteiger partial charge in [-0.05, 0) is 36.6 Å². The van der Waals surface area contributed by atoms with Crippen molar-refractivity contribution in [3.8, 4) is 0 Å². The number of aryl methyl sites for hydroxylation is 1. The lowest BCUT2D eigenvalue weighted by Crippen LogP contribution is -2.31. The molecule has 4 N–H and O–H groups in total. The van der Waals surface area contributed by atoms with Crippen LogP contribution in [0, 0.1) is 0 Å². The van der Waals surface area contributed by atoms with E-state index in [1.54, 1.807) is 16.8 Å². The highest BCUT2D eigenvalue weighted by Gasteiger charge is 2.43. The average molecular weight is 411 g/mol. The summed E-state index contributed by atoms with van der Waals surface area (Å²) in [4.78, 5) is 8.18. The number of nitrogens with two attached hydrogens (primary N) is 1. The van der Waals surface area contributed by atoms with Crippen LogP contribution >= 0.6 is 24.0 Å². The number of ether oxygens (including phenoxy) is 1. The first-order chi connectivity index (χ1) is 12.5. The van der Waals surface area contributed by atoms with Crippen molar-refractivity contribution in [2.45, 2.75) is 37.4 Å². The summed E-state index contributed by atoms with van der Waals surface area (Å²) in [6, 6.07) is 9.31. The quantitative estimate of drug-likeness (QED) is 0.609. The van der Waals surface area contributed by atoms with Gasteiger partial charge in [-0.25, -0.2) is 9.97 Å². The normalized spacial score (nSPS) is 24.9. The maximum Gasteiger partial charge on any atom is 0.164 e. The number of aromatic nitrogens is 3. The second-order valence-corrected chi connectivity index (χ2v) is 6.87. The van der Waals surface area contributed by atoms with Crippen LogP contribution < -0.4 is 5.73 Å². The Balaban J connectivity index is 0.00000210. The van der Waals surface area contributed by atoms with Gasteiger partial charge >= 0.3 is 0 Å². The van der Waals surface area contributed by atoms with Crippen molar-refractivity contribution >= 4 is 40.9 Å². The van der Waals surface area contributed by atoms with Crippen LogP contribution in [0.2, 0.25) is 5.02 Å². The van der Waals surface area contributed by atoms with Crippen LogP contribution in [0.3, 0.4) is 0 Å². The molecule has 0 bridgehead atoms. The van der Waals surface area contributed by atoms with E-state index in [1.165, 1.54) is 6.33 Å². The summed E-state index contributed by atoms with van der Waals surface area (Å²) >= 11 is 5.90. The van der Waals surface area contributed by atoms with E-state index in [4.69, 9.17) is 22.1 Å². The second kappa shape index (κ2) is 8.00. The Kier molecular flexibility index (Phi) is 5.88. The molecule has 0 radical (unpaired) electrons. The van der Waals surface area contributed by atoms with Gasteiger partial charge in [0, 0.05) is 11.2 Å². The smallest absolute Gasteiger partial charge is 0.164 e. The van der Waals surface area contributed by atoms with Gasteiger partial charge in [-0.3, -0.25) is 0 Å². The van der Waals surface area contributed by atoms with Gasteiger partial charge in [-0.2, -0.15) is 0 Å². The molecule has 4 rings (SSSR count). The van der Waals surface area contributed by atoms with Gasteiger partial charge in [0.05, 0.1) is 11.5 Å². The first-order valence-corrected chi connectivity index (χ1v) is 8.75. The molecule has 1 aliphatic rings. The second-order valence-electron chi connectivity index (χ2n) is 6.43. The zero-order valence-electron chi connectivity index (χ0n) is 14.3. The van der Waals surface area contributed by atoms with Crippen LogP contribution in [0.5, 0.6) is 0 Å². The molecule has 0 amide bonds. The Morgan fingerprint density at radius 2 is 1.85 bits per heavy atom. The number of anilines is 1. The number of aliphatic hydroxyl groups excluding tert-OH is 2. The zero-order valence-corrected chi connectivity index (χ0v) is 15.8. The number of hydrogen-bond acceptors (Lipinski definition) is 6. The highest BCUT2D eigenvalue weighted by Crippen LogP contribution is 2.34. The van der Waals surface area contributed by atoms with Crippen LogP contribution in [-0.2, 0) is 11.2 Å². The Hall–Kier alpha value is -1.90. The summed E-state index contributed by atoms with van der Waals surface area (Å²) in [6.07, 6.45) is 1.13. The van der Waals surface area contributed by atoms with Crippen LogP contribution in [0.1, 0.15) is 18.2 Å². The summed E-state index contributed by atoms with van der Waals surface area (Å²) in [5.41, 5.74) is 7.51. The number of hydrogen-bond donors (Lipinski definition) is 3. The molecular weight excluding hydrogens is 391 g/mol. The number of rotatable bonds is 4. The molecule has 3 heterocycles. The maximum absolute atomic E-state index is 10.5. The predicted molar refractivity (Wildman–Crippen MR) is 105 cm³/mol. The van der Waals surface area contributed by atoms with E-state index in [0.29, 0.717) is 34.7 Å². The minimum absolute atomic E-state index is 0. The van der Waals surface area contributed by atoms with Crippen molar-refractivity contribution in [2.75, 3.05) is 5.73 Å². The van der Waals surface area contributed by atoms with Gasteiger partial charge in [0.15, 0.2) is 6.23 Å². The summed E-state index contributed by atoms with van der Waals surface area (Å²) < 4.78 is 7.64. The fourth-order valence-electron chi connectivity index (χ4n) is 3.35. The summed E-state index contributed by atoms with van der Waals surface area (Å²) in [5, 5.41) is 22.2. The Bertz CT molecular complexity index is 919. The fraction of sp³-hybridized carbons (Fsp3) is 0.333. The molecule has 9 heteroatoms. The third-order valence-corrected chi connectivity index (χ3v) is 5.03. The lowest BCUT2D eigenvalue weighted by molar-refractivity contribution is -0.0364. The van der Waals surface area contributed by atoms with Crippen molar-refractivity contribution in [2.24, 2.45) is 0 Å². The maximum atomic E-state index is 10.5. The first-order valence-electron chi connectivity index (χ1n) is 8.37. The van der Waals surface area contributed by atoms with Crippen molar-refractivity contribution in [1.29, 1.82) is 0 Å². The van der Waals surface area contributed by atoms with Crippen molar-refractivity contribution in [3.05, 3.63) is 53.4 Å². The van der Waals surface area contributed by atoms with Crippen LogP contribution in [-0.4, -0.2) is 43.1 Å². The molecule has 144 valence electrons. The number of nitrogen functional groups attached to an aromatic ring is 1. The fourth-order valence-corrected chi connectivity index (χ4v) is 3.48. The Labute approximate surface area is 167 Å². The van der Waals surface area contributed by atoms with Crippen molar-refractivity contribution in [3.63, 3.8) is 0 Å². The number of nitrogens with zero attached hydrogens (tertiary/aromatic N) is 3. The molecule has 1 aromatic carbocycles. The molecule has 1 saturated heterocycles. The molecule has 3 aromatic rings. The van der Waals surface area contributed by atoms with E-state index < -0.39 is 24.5 Å². The number of aliphatic hydroxyl groups is 2. The number of halogens is 2. The average Bonchev–Trinajstić information content (AvgIpc) is 3.18. The molecule has 1 aliphatic heterocycles. The summed E-state index contributed by atoms with van der Waals surface area (Å²) in [7, 11) is 0. The van der Waals surface area contributed by atoms with E-state index in [-0.39, 0.29) is 12.4 Å². The van der Waals surface area contributed by atoms with Crippen molar-refractivity contribution in [1.82, 2.24) is 14.5 Å². The van der Waals surface area contributed by atoms with Gasteiger partial charge in [0.2, 0.25) is 0 Å². The van der Waals surface area contributed by atoms with Crippen LogP contribution in [0.4, 0.5) is 5.82 Å².